The molecule has 1 aliphatic rings. The van der Waals surface area contributed by atoms with E-state index < -0.39 is 0 Å². The summed E-state index contributed by atoms with van der Waals surface area (Å²) < 4.78 is 5.45. The minimum Gasteiger partial charge on any atom is -0.504 e. The summed E-state index contributed by atoms with van der Waals surface area (Å²) in [5.74, 6) is 0.490. The summed E-state index contributed by atoms with van der Waals surface area (Å²) in [6.45, 7) is 5.92. The number of rotatable bonds is 0. The minimum atomic E-state index is 0.137. The summed E-state index contributed by atoms with van der Waals surface area (Å²) in [5.41, 5.74) is 3.91. The zero-order chi connectivity index (χ0) is 13.0. The number of carbonyl (C=O) groups is 1. The third-order valence-electron chi connectivity index (χ3n) is 4.04. The van der Waals surface area contributed by atoms with E-state index in [1.54, 1.807) is 6.26 Å². The summed E-state index contributed by atoms with van der Waals surface area (Å²) >= 11 is 0. The number of Topliss-reactive ketones (excluding diaryl/α,β-unsaturated/α-hetero) is 1. The first kappa shape index (κ1) is 11.3. The largest absolute Gasteiger partial charge is 0.504 e. The van der Waals surface area contributed by atoms with Crippen LogP contribution in [0.2, 0.25) is 0 Å². The summed E-state index contributed by atoms with van der Waals surface area (Å²) in [5, 5.41) is 11.3. The SMILES string of the molecule is Cc1coc2c(O)c3c(c(C)c12)C(=O)CC[C@@H]3C. The third kappa shape index (κ3) is 1.27. The molecule has 3 nitrogen and oxygen atoms in total. The van der Waals surface area contributed by atoms with Crippen LogP contribution in [0.25, 0.3) is 11.0 Å². The van der Waals surface area contributed by atoms with Crippen LogP contribution in [0.3, 0.4) is 0 Å². The van der Waals surface area contributed by atoms with Crippen LogP contribution >= 0.6 is 0 Å². The molecule has 0 saturated heterocycles. The number of aromatic hydroxyl groups is 1. The lowest BCUT2D eigenvalue weighted by atomic mass is 9.79. The predicted molar refractivity (Wildman–Crippen MR) is 69.3 cm³/mol. The number of fused-ring (bicyclic) bond motifs is 2. The number of furan rings is 1. The van der Waals surface area contributed by atoms with Crippen molar-refractivity contribution in [1.82, 2.24) is 0 Å². The van der Waals surface area contributed by atoms with Gasteiger partial charge in [-0.05, 0) is 37.3 Å². The van der Waals surface area contributed by atoms with E-state index in [2.05, 4.69) is 0 Å². The van der Waals surface area contributed by atoms with E-state index in [1.165, 1.54) is 0 Å². The van der Waals surface area contributed by atoms with Crippen molar-refractivity contribution in [3.05, 3.63) is 28.5 Å². The van der Waals surface area contributed by atoms with Gasteiger partial charge in [0.15, 0.2) is 17.1 Å². The number of phenolic OH excluding ortho intramolecular Hbond substituents is 1. The quantitative estimate of drug-likeness (QED) is 0.766. The Morgan fingerprint density at radius 2 is 2.11 bits per heavy atom. The number of benzene rings is 1. The zero-order valence-electron chi connectivity index (χ0n) is 10.8. The predicted octanol–water partition coefficient (Wildman–Crippen LogP) is 3.84. The van der Waals surface area contributed by atoms with Gasteiger partial charge in [-0.1, -0.05) is 6.92 Å². The Morgan fingerprint density at radius 1 is 1.39 bits per heavy atom. The van der Waals surface area contributed by atoms with Gasteiger partial charge < -0.3 is 9.52 Å². The van der Waals surface area contributed by atoms with Crippen molar-refractivity contribution in [2.24, 2.45) is 0 Å². The van der Waals surface area contributed by atoms with Crippen LogP contribution < -0.4 is 0 Å². The molecule has 1 heterocycles. The first-order valence-electron chi connectivity index (χ1n) is 6.28. The highest BCUT2D eigenvalue weighted by atomic mass is 16.3. The molecule has 3 rings (SSSR count). The van der Waals surface area contributed by atoms with Crippen molar-refractivity contribution in [2.75, 3.05) is 0 Å². The molecule has 0 unspecified atom stereocenters. The molecule has 0 radical (unpaired) electrons. The Morgan fingerprint density at radius 3 is 2.83 bits per heavy atom. The highest BCUT2D eigenvalue weighted by Gasteiger charge is 2.31. The van der Waals surface area contributed by atoms with Gasteiger partial charge in [0.25, 0.3) is 0 Å². The maximum Gasteiger partial charge on any atom is 0.176 e. The van der Waals surface area contributed by atoms with Crippen LogP contribution in [0.4, 0.5) is 0 Å². The molecule has 2 aromatic rings. The van der Waals surface area contributed by atoms with Crippen molar-refractivity contribution in [3.63, 3.8) is 0 Å². The van der Waals surface area contributed by atoms with Gasteiger partial charge >= 0.3 is 0 Å². The van der Waals surface area contributed by atoms with Crippen LogP contribution in [-0.2, 0) is 0 Å². The molecule has 0 aliphatic heterocycles. The molecule has 0 amide bonds. The Bertz CT molecular complexity index is 664. The average Bonchev–Trinajstić information content (AvgIpc) is 2.72. The number of aryl methyl sites for hydroxylation is 2. The van der Waals surface area contributed by atoms with Crippen LogP contribution in [-0.4, -0.2) is 10.9 Å². The number of ketones is 1. The first-order valence-corrected chi connectivity index (χ1v) is 6.28. The van der Waals surface area contributed by atoms with Gasteiger partial charge in [-0.2, -0.15) is 0 Å². The second-order valence-corrected chi connectivity index (χ2v) is 5.25. The molecule has 1 N–H and O–H groups in total. The lowest BCUT2D eigenvalue weighted by Crippen LogP contribution is -2.16. The highest BCUT2D eigenvalue weighted by Crippen LogP contribution is 2.45. The normalized spacial score (nSPS) is 19.3. The fourth-order valence-corrected chi connectivity index (χ4v) is 3.11. The van der Waals surface area contributed by atoms with Gasteiger partial charge in [0.1, 0.15) is 0 Å². The second kappa shape index (κ2) is 3.61. The highest BCUT2D eigenvalue weighted by molar-refractivity contribution is 6.07. The van der Waals surface area contributed by atoms with Gasteiger partial charge in [0.05, 0.1) is 6.26 Å². The smallest absolute Gasteiger partial charge is 0.176 e. The third-order valence-corrected chi connectivity index (χ3v) is 4.04. The van der Waals surface area contributed by atoms with Crippen LogP contribution in [0.1, 0.15) is 52.7 Å². The minimum absolute atomic E-state index is 0.137. The number of carbonyl (C=O) groups excluding carboxylic acids is 1. The molecule has 3 heteroatoms. The van der Waals surface area contributed by atoms with Gasteiger partial charge in [-0.25, -0.2) is 0 Å². The molecule has 0 saturated carbocycles. The van der Waals surface area contributed by atoms with E-state index in [9.17, 15) is 9.90 Å². The molecule has 1 aliphatic carbocycles. The fourth-order valence-electron chi connectivity index (χ4n) is 3.11. The van der Waals surface area contributed by atoms with Gasteiger partial charge in [0.2, 0.25) is 0 Å². The summed E-state index contributed by atoms with van der Waals surface area (Å²) in [4.78, 5) is 12.1. The van der Waals surface area contributed by atoms with Crippen molar-refractivity contribution in [1.29, 1.82) is 0 Å². The van der Waals surface area contributed by atoms with E-state index in [4.69, 9.17) is 4.42 Å². The second-order valence-electron chi connectivity index (χ2n) is 5.25. The lowest BCUT2D eigenvalue weighted by molar-refractivity contribution is 0.0966. The molecule has 1 atom stereocenters. The maximum absolute atomic E-state index is 12.1. The number of phenols is 1. The molecule has 0 bridgehead atoms. The molecule has 1 aromatic carbocycles. The molecule has 1 aromatic heterocycles. The van der Waals surface area contributed by atoms with E-state index in [0.717, 1.165) is 28.5 Å². The monoisotopic (exact) mass is 244 g/mol. The average molecular weight is 244 g/mol. The number of hydrogen-bond acceptors (Lipinski definition) is 3. The summed E-state index contributed by atoms with van der Waals surface area (Å²) in [7, 11) is 0. The molecule has 0 fully saturated rings. The molecule has 0 spiro atoms. The Kier molecular flexibility index (Phi) is 2.27. The van der Waals surface area contributed by atoms with E-state index >= 15 is 0 Å². The van der Waals surface area contributed by atoms with Crippen molar-refractivity contribution >= 4 is 16.8 Å². The standard InChI is InChI=1S/C15H16O3/c1-7-4-5-10(16)13-9(3)11-8(2)6-18-15(11)14(17)12(7)13/h6-7,17H,4-5H2,1-3H3/t7-/m0/s1. The van der Waals surface area contributed by atoms with Crippen LogP contribution in [0, 0.1) is 13.8 Å². The van der Waals surface area contributed by atoms with Crippen LogP contribution in [0.15, 0.2) is 10.7 Å². The molecule has 94 valence electrons. The Hall–Kier alpha value is -1.77. The van der Waals surface area contributed by atoms with E-state index in [-0.39, 0.29) is 17.5 Å². The van der Waals surface area contributed by atoms with Crippen molar-refractivity contribution in [2.45, 2.75) is 39.5 Å². The Labute approximate surface area is 105 Å². The first-order chi connectivity index (χ1) is 8.52. The Balaban J connectivity index is 2.51. The summed E-state index contributed by atoms with van der Waals surface area (Å²) in [6.07, 6.45) is 3.00. The zero-order valence-corrected chi connectivity index (χ0v) is 10.8. The molecular formula is C15H16O3. The fraction of sp³-hybridized carbons (Fsp3) is 0.400. The van der Waals surface area contributed by atoms with Gasteiger partial charge in [0, 0.05) is 22.9 Å². The van der Waals surface area contributed by atoms with Gasteiger partial charge in [-0.15, -0.1) is 0 Å². The topological polar surface area (TPSA) is 50.4 Å². The van der Waals surface area contributed by atoms with E-state index in [1.807, 2.05) is 20.8 Å². The molecular weight excluding hydrogens is 228 g/mol. The molecule has 18 heavy (non-hydrogen) atoms. The van der Waals surface area contributed by atoms with Crippen molar-refractivity contribution in [3.8, 4) is 5.75 Å². The maximum atomic E-state index is 12.1. The summed E-state index contributed by atoms with van der Waals surface area (Å²) in [6, 6.07) is 0. The van der Waals surface area contributed by atoms with E-state index in [0.29, 0.717) is 17.6 Å². The van der Waals surface area contributed by atoms with Crippen LogP contribution in [0.5, 0.6) is 5.75 Å². The van der Waals surface area contributed by atoms with Gasteiger partial charge in [-0.3, -0.25) is 4.79 Å². The number of hydrogen-bond donors (Lipinski definition) is 1. The van der Waals surface area contributed by atoms with Crippen molar-refractivity contribution < 1.29 is 14.3 Å². The lowest BCUT2D eigenvalue weighted by Gasteiger charge is -2.24.